The molecule has 3 aliphatic rings. The molecular weight excluding hydrogens is 274 g/mol. The van der Waals surface area contributed by atoms with Gasteiger partial charge in [-0.1, -0.05) is 23.8 Å². The summed E-state index contributed by atoms with van der Waals surface area (Å²) < 4.78 is 0. The van der Waals surface area contributed by atoms with E-state index in [1.54, 1.807) is 0 Å². The minimum absolute atomic E-state index is 0.233. The monoisotopic (exact) mass is 299 g/mol. The van der Waals surface area contributed by atoms with Crippen LogP contribution in [-0.2, 0) is 6.42 Å². The predicted molar refractivity (Wildman–Crippen MR) is 86.6 cm³/mol. The van der Waals surface area contributed by atoms with Crippen molar-refractivity contribution in [2.75, 3.05) is 19.6 Å². The number of amides is 2. The van der Waals surface area contributed by atoms with E-state index in [0.29, 0.717) is 18.0 Å². The molecular formula is C18H25N3O. The second-order valence-corrected chi connectivity index (χ2v) is 7.20. The third kappa shape index (κ3) is 2.21. The van der Waals surface area contributed by atoms with Crippen molar-refractivity contribution in [2.24, 2.45) is 11.7 Å². The first-order valence-corrected chi connectivity index (χ1v) is 8.53. The van der Waals surface area contributed by atoms with Gasteiger partial charge >= 0.3 is 6.03 Å². The lowest BCUT2D eigenvalue weighted by Gasteiger charge is -2.52. The summed E-state index contributed by atoms with van der Waals surface area (Å²) in [7, 11) is 0. The second kappa shape index (κ2) is 5.27. The van der Waals surface area contributed by atoms with Gasteiger partial charge in [0.15, 0.2) is 0 Å². The van der Waals surface area contributed by atoms with Crippen LogP contribution in [0.4, 0.5) is 4.79 Å². The Morgan fingerprint density at radius 2 is 2.18 bits per heavy atom. The number of aryl methyl sites for hydroxylation is 1. The van der Waals surface area contributed by atoms with Crippen molar-refractivity contribution in [3.63, 3.8) is 0 Å². The average molecular weight is 299 g/mol. The normalized spacial score (nSPS) is 31.1. The second-order valence-electron chi connectivity index (χ2n) is 7.20. The quantitative estimate of drug-likeness (QED) is 0.800. The van der Waals surface area contributed by atoms with Gasteiger partial charge in [-0.3, -0.25) is 4.90 Å². The number of likely N-dealkylation sites (tertiary alicyclic amines) is 1. The average Bonchev–Trinajstić information content (AvgIpc) is 2.52. The van der Waals surface area contributed by atoms with Crippen LogP contribution in [-0.4, -0.2) is 41.5 Å². The molecule has 2 saturated heterocycles. The molecule has 22 heavy (non-hydrogen) atoms. The molecule has 0 radical (unpaired) electrons. The third-order valence-corrected chi connectivity index (χ3v) is 5.90. The molecule has 3 atom stereocenters. The number of fused-ring (bicyclic) bond motifs is 4. The number of carbonyl (C=O) groups excluding carboxylic acids is 1. The van der Waals surface area contributed by atoms with Crippen molar-refractivity contribution in [3.8, 4) is 0 Å². The third-order valence-electron chi connectivity index (χ3n) is 5.90. The van der Waals surface area contributed by atoms with E-state index in [4.69, 9.17) is 5.73 Å². The number of benzene rings is 1. The number of nitrogens with two attached hydrogens (primary N) is 1. The predicted octanol–water partition coefficient (Wildman–Crippen LogP) is 2.46. The fourth-order valence-corrected chi connectivity index (χ4v) is 4.84. The maximum absolute atomic E-state index is 11.8. The van der Waals surface area contributed by atoms with Crippen LogP contribution in [0, 0.1) is 12.8 Å². The maximum atomic E-state index is 11.8. The van der Waals surface area contributed by atoms with Crippen molar-refractivity contribution >= 4 is 6.03 Å². The lowest BCUT2D eigenvalue weighted by molar-refractivity contribution is 0.00740. The zero-order valence-corrected chi connectivity index (χ0v) is 13.3. The van der Waals surface area contributed by atoms with E-state index in [-0.39, 0.29) is 6.03 Å². The minimum Gasteiger partial charge on any atom is -0.351 e. The lowest BCUT2D eigenvalue weighted by Crippen LogP contribution is -2.58. The molecule has 0 aliphatic carbocycles. The van der Waals surface area contributed by atoms with Crippen LogP contribution in [0.25, 0.3) is 0 Å². The molecule has 4 rings (SSSR count). The van der Waals surface area contributed by atoms with Crippen LogP contribution >= 0.6 is 0 Å². The highest BCUT2D eigenvalue weighted by molar-refractivity contribution is 5.72. The fraction of sp³-hybridized carbons (Fsp3) is 0.611. The summed E-state index contributed by atoms with van der Waals surface area (Å²) in [5.41, 5.74) is 9.94. The van der Waals surface area contributed by atoms with Crippen molar-refractivity contribution in [3.05, 3.63) is 34.9 Å². The topological polar surface area (TPSA) is 49.6 Å². The Morgan fingerprint density at radius 1 is 1.32 bits per heavy atom. The highest BCUT2D eigenvalue weighted by atomic mass is 16.2. The van der Waals surface area contributed by atoms with E-state index < -0.39 is 0 Å². The van der Waals surface area contributed by atoms with Crippen molar-refractivity contribution < 1.29 is 4.79 Å². The van der Waals surface area contributed by atoms with E-state index in [9.17, 15) is 4.79 Å². The van der Waals surface area contributed by atoms with Gasteiger partial charge in [0.05, 0.1) is 0 Å². The standard InChI is InChI=1S/C18H25N3O/c1-12-4-5-13-6-8-20-11-14-3-2-7-21(18(19)22)16(14)10-17(20)15(13)9-12/h4-5,9,14,16-17H,2-3,6-8,10-11H2,1H3,(H2,19,22). The van der Waals surface area contributed by atoms with Crippen LogP contribution in [0.3, 0.4) is 0 Å². The van der Waals surface area contributed by atoms with E-state index >= 15 is 0 Å². The number of hydrogen-bond acceptors (Lipinski definition) is 2. The molecule has 118 valence electrons. The summed E-state index contributed by atoms with van der Waals surface area (Å²) in [6.07, 6.45) is 4.53. The zero-order chi connectivity index (χ0) is 15.3. The number of piperidine rings is 2. The highest BCUT2D eigenvalue weighted by Crippen LogP contribution is 2.42. The SMILES string of the molecule is Cc1ccc2c(c1)C1CC3C(CCCN3C(N)=O)CN1CC2. The van der Waals surface area contributed by atoms with Crippen molar-refractivity contribution in [2.45, 2.75) is 44.7 Å². The van der Waals surface area contributed by atoms with Crippen LogP contribution in [0.1, 0.15) is 42.0 Å². The molecule has 0 spiro atoms. The summed E-state index contributed by atoms with van der Waals surface area (Å²) in [5, 5.41) is 0. The lowest BCUT2D eigenvalue weighted by atomic mass is 9.76. The molecule has 0 bridgehead atoms. The largest absolute Gasteiger partial charge is 0.351 e. The molecule has 4 nitrogen and oxygen atoms in total. The van der Waals surface area contributed by atoms with Crippen LogP contribution in [0.5, 0.6) is 0 Å². The van der Waals surface area contributed by atoms with Gasteiger partial charge in [-0.2, -0.15) is 0 Å². The molecule has 0 aromatic heterocycles. The summed E-state index contributed by atoms with van der Waals surface area (Å²) >= 11 is 0. The van der Waals surface area contributed by atoms with Gasteiger partial charge in [-0.25, -0.2) is 4.79 Å². The number of primary amides is 1. The van der Waals surface area contributed by atoms with Crippen LogP contribution < -0.4 is 5.73 Å². The zero-order valence-electron chi connectivity index (χ0n) is 13.3. The number of rotatable bonds is 0. The fourth-order valence-electron chi connectivity index (χ4n) is 4.84. The molecule has 2 amide bonds. The Kier molecular flexibility index (Phi) is 3.37. The Bertz CT molecular complexity index is 600. The van der Waals surface area contributed by atoms with Gasteiger partial charge in [0.2, 0.25) is 0 Å². The summed E-state index contributed by atoms with van der Waals surface area (Å²) in [4.78, 5) is 16.4. The molecule has 2 fully saturated rings. The summed E-state index contributed by atoms with van der Waals surface area (Å²) in [6.45, 7) is 5.28. The number of carbonyl (C=O) groups is 1. The highest BCUT2D eigenvalue weighted by Gasteiger charge is 2.43. The van der Waals surface area contributed by atoms with Gasteiger partial charge in [0.25, 0.3) is 0 Å². The minimum atomic E-state index is -0.233. The molecule has 3 aliphatic heterocycles. The molecule has 1 aromatic carbocycles. The summed E-state index contributed by atoms with van der Waals surface area (Å²) in [6, 6.07) is 7.42. The number of urea groups is 1. The van der Waals surface area contributed by atoms with Gasteiger partial charge in [0, 0.05) is 31.7 Å². The van der Waals surface area contributed by atoms with Gasteiger partial charge in [-0.15, -0.1) is 0 Å². The van der Waals surface area contributed by atoms with E-state index in [1.807, 2.05) is 4.90 Å². The van der Waals surface area contributed by atoms with E-state index in [2.05, 4.69) is 30.0 Å². The first-order valence-electron chi connectivity index (χ1n) is 8.53. The smallest absolute Gasteiger partial charge is 0.315 e. The van der Waals surface area contributed by atoms with Gasteiger partial charge in [-0.05, 0) is 49.7 Å². The van der Waals surface area contributed by atoms with Crippen molar-refractivity contribution in [1.29, 1.82) is 0 Å². The van der Waals surface area contributed by atoms with E-state index in [0.717, 1.165) is 38.9 Å². The Balaban J connectivity index is 1.67. The molecule has 0 saturated carbocycles. The van der Waals surface area contributed by atoms with Gasteiger partial charge < -0.3 is 10.6 Å². The molecule has 3 heterocycles. The van der Waals surface area contributed by atoms with Gasteiger partial charge in [0.1, 0.15) is 0 Å². The Hall–Kier alpha value is -1.55. The number of hydrogen-bond donors (Lipinski definition) is 1. The molecule has 1 aromatic rings. The van der Waals surface area contributed by atoms with Crippen molar-refractivity contribution in [1.82, 2.24) is 9.80 Å². The number of nitrogens with zero attached hydrogens (tertiary/aromatic N) is 2. The maximum Gasteiger partial charge on any atom is 0.315 e. The summed E-state index contributed by atoms with van der Waals surface area (Å²) in [5.74, 6) is 0.601. The van der Waals surface area contributed by atoms with Crippen LogP contribution in [0.15, 0.2) is 18.2 Å². The Labute approximate surface area is 132 Å². The first-order chi connectivity index (χ1) is 10.6. The first kappa shape index (κ1) is 14.1. The molecule has 3 unspecified atom stereocenters. The molecule has 2 N–H and O–H groups in total. The Morgan fingerprint density at radius 3 is 3.00 bits per heavy atom. The molecule has 4 heteroatoms. The van der Waals surface area contributed by atoms with E-state index in [1.165, 1.54) is 23.1 Å². The van der Waals surface area contributed by atoms with Crippen LogP contribution in [0.2, 0.25) is 0 Å².